The third kappa shape index (κ3) is 3.39. The van der Waals surface area contributed by atoms with Crippen LogP contribution in [-0.4, -0.2) is 43.5 Å². The summed E-state index contributed by atoms with van der Waals surface area (Å²) in [6, 6.07) is 0. The van der Waals surface area contributed by atoms with Gasteiger partial charge in [-0.1, -0.05) is 13.8 Å². The van der Waals surface area contributed by atoms with E-state index in [0.717, 1.165) is 30.8 Å². The Morgan fingerprint density at radius 3 is 2.53 bits per heavy atom. The van der Waals surface area contributed by atoms with Crippen molar-refractivity contribution in [3.05, 3.63) is 0 Å². The Morgan fingerprint density at radius 2 is 1.94 bits per heavy atom. The molecular formula is C14H27NOS. The summed E-state index contributed by atoms with van der Waals surface area (Å²) >= 11 is 4.61. The van der Waals surface area contributed by atoms with Crippen LogP contribution in [0, 0.1) is 17.3 Å². The van der Waals surface area contributed by atoms with Crippen molar-refractivity contribution in [2.24, 2.45) is 17.3 Å². The zero-order valence-electron chi connectivity index (χ0n) is 11.3. The topological polar surface area (TPSA) is 12.5 Å². The van der Waals surface area contributed by atoms with Crippen LogP contribution in [-0.2, 0) is 4.74 Å². The number of rotatable bonds is 3. The molecule has 17 heavy (non-hydrogen) atoms. The summed E-state index contributed by atoms with van der Waals surface area (Å²) in [6.07, 6.45) is 3.74. The Balaban J connectivity index is 1.90. The summed E-state index contributed by atoms with van der Waals surface area (Å²) in [7, 11) is 0. The van der Waals surface area contributed by atoms with E-state index in [-0.39, 0.29) is 0 Å². The van der Waals surface area contributed by atoms with Crippen molar-refractivity contribution < 1.29 is 4.74 Å². The Labute approximate surface area is 112 Å². The molecular weight excluding hydrogens is 230 g/mol. The van der Waals surface area contributed by atoms with E-state index in [1.807, 2.05) is 0 Å². The third-order valence-corrected chi connectivity index (χ3v) is 5.54. The Bertz CT molecular complexity index is 240. The number of hydrogen-bond donors (Lipinski definition) is 1. The van der Waals surface area contributed by atoms with Gasteiger partial charge in [-0.3, -0.25) is 0 Å². The monoisotopic (exact) mass is 257 g/mol. The van der Waals surface area contributed by atoms with Gasteiger partial charge in [0.05, 0.1) is 0 Å². The average molecular weight is 257 g/mol. The van der Waals surface area contributed by atoms with Gasteiger partial charge in [0.15, 0.2) is 0 Å². The summed E-state index contributed by atoms with van der Waals surface area (Å²) in [5.74, 6) is 2.75. The van der Waals surface area contributed by atoms with Gasteiger partial charge in [0.1, 0.15) is 0 Å². The van der Waals surface area contributed by atoms with Gasteiger partial charge in [-0.05, 0) is 48.8 Å². The number of likely N-dealkylation sites (tertiary alicyclic amines) is 1. The maximum Gasteiger partial charge on any atom is 0.0472 e. The van der Waals surface area contributed by atoms with Gasteiger partial charge in [-0.25, -0.2) is 0 Å². The molecule has 2 atom stereocenters. The fourth-order valence-electron chi connectivity index (χ4n) is 3.14. The molecule has 2 unspecified atom stereocenters. The minimum absolute atomic E-state index is 0.418. The van der Waals surface area contributed by atoms with Gasteiger partial charge in [-0.15, -0.1) is 0 Å². The Kier molecular flexibility index (Phi) is 4.79. The molecule has 0 aromatic carbocycles. The molecule has 0 aromatic rings. The van der Waals surface area contributed by atoms with Gasteiger partial charge in [0.2, 0.25) is 0 Å². The molecule has 0 radical (unpaired) electrons. The molecule has 2 aliphatic heterocycles. The Morgan fingerprint density at radius 1 is 1.24 bits per heavy atom. The van der Waals surface area contributed by atoms with E-state index in [9.17, 15) is 0 Å². The maximum atomic E-state index is 5.50. The van der Waals surface area contributed by atoms with E-state index >= 15 is 0 Å². The second-order valence-electron chi connectivity index (χ2n) is 6.25. The summed E-state index contributed by atoms with van der Waals surface area (Å²) in [4.78, 5) is 2.67. The van der Waals surface area contributed by atoms with E-state index in [0.29, 0.717) is 5.41 Å². The van der Waals surface area contributed by atoms with Crippen LogP contribution >= 0.6 is 12.6 Å². The van der Waals surface area contributed by atoms with Gasteiger partial charge in [0, 0.05) is 26.3 Å². The molecule has 2 rings (SSSR count). The highest BCUT2D eigenvalue weighted by atomic mass is 32.1. The van der Waals surface area contributed by atoms with E-state index in [1.54, 1.807) is 0 Å². The lowest BCUT2D eigenvalue weighted by atomic mass is 9.80. The number of thiol groups is 1. The van der Waals surface area contributed by atoms with Crippen LogP contribution in [0.25, 0.3) is 0 Å². The van der Waals surface area contributed by atoms with Gasteiger partial charge < -0.3 is 9.64 Å². The predicted molar refractivity (Wildman–Crippen MR) is 75.7 cm³/mol. The standard InChI is InChI=1S/C14H27NOS/c1-12-3-6-15(9-13(12)2)10-14(11-17)4-7-16-8-5-14/h12-13,17H,3-11H2,1-2H3. The average Bonchev–Trinajstić information content (AvgIpc) is 2.35. The lowest BCUT2D eigenvalue weighted by Crippen LogP contribution is -2.47. The number of ether oxygens (including phenoxy) is 1. The van der Waals surface area contributed by atoms with E-state index < -0.39 is 0 Å². The molecule has 2 aliphatic rings. The van der Waals surface area contributed by atoms with Crippen LogP contribution in [0.15, 0.2) is 0 Å². The molecule has 100 valence electrons. The van der Waals surface area contributed by atoms with E-state index in [1.165, 1.54) is 38.9 Å². The van der Waals surface area contributed by atoms with Crippen LogP contribution < -0.4 is 0 Å². The molecule has 2 nitrogen and oxygen atoms in total. The van der Waals surface area contributed by atoms with Crippen molar-refractivity contribution in [3.8, 4) is 0 Å². The largest absolute Gasteiger partial charge is 0.381 e. The number of hydrogen-bond acceptors (Lipinski definition) is 3. The molecule has 0 N–H and O–H groups in total. The lowest BCUT2D eigenvalue weighted by Gasteiger charge is -2.43. The van der Waals surface area contributed by atoms with Crippen molar-refractivity contribution >= 4 is 12.6 Å². The minimum atomic E-state index is 0.418. The van der Waals surface area contributed by atoms with Gasteiger partial charge in [0.25, 0.3) is 0 Å². The van der Waals surface area contributed by atoms with Crippen LogP contribution in [0.2, 0.25) is 0 Å². The first-order chi connectivity index (χ1) is 8.15. The molecule has 3 heteroatoms. The van der Waals surface area contributed by atoms with Crippen molar-refractivity contribution in [2.75, 3.05) is 38.6 Å². The molecule has 0 amide bonds. The van der Waals surface area contributed by atoms with Crippen LogP contribution in [0.5, 0.6) is 0 Å². The number of piperidine rings is 1. The Hall–Kier alpha value is 0.270. The van der Waals surface area contributed by atoms with E-state index in [4.69, 9.17) is 4.74 Å². The highest BCUT2D eigenvalue weighted by Crippen LogP contribution is 2.34. The maximum absolute atomic E-state index is 5.50. The first-order valence-corrected chi connectivity index (χ1v) is 7.69. The molecule has 2 fully saturated rings. The molecule has 2 saturated heterocycles. The number of nitrogens with zero attached hydrogens (tertiary/aromatic N) is 1. The molecule has 0 saturated carbocycles. The first kappa shape index (κ1) is 13.7. The minimum Gasteiger partial charge on any atom is -0.381 e. The summed E-state index contributed by atoms with van der Waals surface area (Å²) in [6.45, 7) is 10.4. The van der Waals surface area contributed by atoms with Gasteiger partial charge in [-0.2, -0.15) is 12.6 Å². The van der Waals surface area contributed by atoms with Crippen molar-refractivity contribution in [3.63, 3.8) is 0 Å². The second kappa shape index (κ2) is 5.94. The third-order valence-electron chi connectivity index (χ3n) is 4.87. The van der Waals surface area contributed by atoms with E-state index in [2.05, 4.69) is 31.4 Å². The fourth-order valence-corrected chi connectivity index (χ4v) is 3.55. The zero-order valence-corrected chi connectivity index (χ0v) is 12.2. The molecule has 0 bridgehead atoms. The fraction of sp³-hybridized carbons (Fsp3) is 1.00. The van der Waals surface area contributed by atoms with Crippen LogP contribution in [0.3, 0.4) is 0 Å². The van der Waals surface area contributed by atoms with Crippen molar-refractivity contribution in [2.45, 2.75) is 33.1 Å². The molecule has 2 heterocycles. The lowest BCUT2D eigenvalue weighted by molar-refractivity contribution is -0.00261. The molecule has 0 aromatic heterocycles. The normalized spacial score (nSPS) is 34.8. The smallest absolute Gasteiger partial charge is 0.0472 e. The highest BCUT2D eigenvalue weighted by Gasteiger charge is 2.35. The van der Waals surface area contributed by atoms with Gasteiger partial charge >= 0.3 is 0 Å². The first-order valence-electron chi connectivity index (χ1n) is 7.06. The second-order valence-corrected chi connectivity index (χ2v) is 6.57. The molecule has 0 spiro atoms. The van der Waals surface area contributed by atoms with Crippen molar-refractivity contribution in [1.29, 1.82) is 0 Å². The molecule has 0 aliphatic carbocycles. The SMILES string of the molecule is CC1CCN(CC2(CS)CCOCC2)CC1C. The van der Waals surface area contributed by atoms with Crippen LogP contribution in [0.1, 0.15) is 33.1 Å². The zero-order chi connectivity index (χ0) is 12.3. The summed E-state index contributed by atoms with van der Waals surface area (Å²) < 4.78 is 5.50. The van der Waals surface area contributed by atoms with Crippen LogP contribution in [0.4, 0.5) is 0 Å². The summed E-state index contributed by atoms with van der Waals surface area (Å²) in [5.41, 5.74) is 0.418. The summed E-state index contributed by atoms with van der Waals surface area (Å²) in [5, 5.41) is 0. The highest BCUT2D eigenvalue weighted by molar-refractivity contribution is 7.80. The quantitative estimate of drug-likeness (QED) is 0.781. The van der Waals surface area contributed by atoms with Crippen molar-refractivity contribution in [1.82, 2.24) is 4.90 Å². The predicted octanol–water partition coefficient (Wildman–Crippen LogP) is 2.69.